The van der Waals surface area contributed by atoms with Gasteiger partial charge in [0.1, 0.15) is 5.76 Å². The summed E-state index contributed by atoms with van der Waals surface area (Å²) in [6, 6.07) is 0. The Hall–Kier alpha value is -1.36. The highest BCUT2D eigenvalue weighted by molar-refractivity contribution is 5.79. The van der Waals surface area contributed by atoms with Crippen molar-refractivity contribution in [2.45, 2.75) is 59.5 Å². The van der Waals surface area contributed by atoms with Crippen LogP contribution in [0.1, 0.15) is 51.1 Å². The van der Waals surface area contributed by atoms with Crippen molar-refractivity contribution in [3.05, 3.63) is 17.0 Å². The lowest BCUT2D eigenvalue weighted by Gasteiger charge is -2.14. The van der Waals surface area contributed by atoms with Crippen molar-refractivity contribution in [2.75, 3.05) is 6.54 Å². The minimum Gasteiger partial charge on any atom is -0.393 e. The van der Waals surface area contributed by atoms with Crippen molar-refractivity contribution in [1.82, 2.24) is 10.5 Å². The highest BCUT2D eigenvalue weighted by Gasteiger charge is 2.17. The number of hydrogen-bond donors (Lipinski definition) is 2. The van der Waals surface area contributed by atoms with Crippen LogP contribution >= 0.6 is 0 Å². The Morgan fingerprint density at radius 1 is 1.35 bits per heavy atom. The number of aliphatic hydroxyl groups excluding tert-OH is 1. The van der Waals surface area contributed by atoms with E-state index in [1.165, 1.54) is 0 Å². The van der Waals surface area contributed by atoms with Gasteiger partial charge in [-0.05, 0) is 25.7 Å². The summed E-state index contributed by atoms with van der Waals surface area (Å²) >= 11 is 0. The monoisotopic (exact) mass is 282 g/mol. The first kappa shape index (κ1) is 16.7. The Balaban J connectivity index is 2.52. The van der Waals surface area contributed by atoms with E-state index < -0.39 is 0 Å². The Morgan fingerprint density at radius 2 is 2.05 bits per heavy atom. The number of rotatable bonds is 8. The zero-order valence-corrected chi connectivity index (χ0v) is 12.9. The van der Waals surface area contributed by atoms with Crippen molar-refractivity contribution < 1.29 is 14.4 Å². The molecule has 2 atom stereocenters. The predicted molar refractivity (Wildman–Crippen MR) is 77.4 cm³/mol. The van der Waals surface area contributed by atoms with Crippen LogP contribution in [-0.4, -0.2) is 28.8 Å². The summed E-state index contributed by atoms with van der Waals surface area (Å²) in [4.78, 5) is 12.0. The topological polar surface area (TPSA) is 75.4 Å². The molecule has 1 aromatic heterocycles. The highest BCUT2D eigenvalue weighted by atomic mass is 16.5. The number of hydrogen-bond acceptors (Lipinski definition) is 4. The molecule has 1 heterocycles. The Kier molecular flexibility index (Phi) is 6.71. The number of aromatic nitrogens is 1. The first-order valence-corrected chi connectivity index (χ1v) is 7.38. The molecule has 5 heteroatoms. The number of aliphatic hydroxyl groups is 1. The van der Waals surface area contributed by atoms with E-state index in [0.717, 1.165) is 29.9 Å². The van der Waals surface area contributed by atoms with E-state index in [-0.39, 0.29) is 17.9 Å². The number of nitrogens with zero attached hydrogens (tertiary/aromatic N) is 1. The van der Waals surface area contributed by atoms with E-state index >= 15 is 0 Å². The molecule has 0 saturated carbocycles. The van der Waals surface area contributed by atoms with Gasteiger partial charge in [0, 0.05) is 18.5 Å². The van der Waals surface area contributed by atoms with Gasteiger partial charge < -0.3 is 14.9 Å². The molecule has 1 amide bonds. The molecule has 1 aromatic rings. The standard InChI is InChI=1S/C15H26N2O3/c1-5-13-12(14(6-2)20-17-13)8-15(19)16-9-10(3)7-11(4)18/h10-11,18H,5-9H2,1-4H3,(H,16,19). The SMILES string of the molecule is CCc1noc(CC)c1CC(=O)NCC(C)CC(C)O. The van der Waals surface area contributed by atoms with Gasteiger partial charge in [-0.3, -0.25) is 4.79 Å². The number of nitrogens with one attached hydrogen (secondary N) is 1. The van der Waals surface area contributed by atoms with Gasteiger partial charge in [0.2, 0.25) is 5.91 Å². The Morgan fingerprint density at radius 3 is 2.60 bits per heavy atom. The summed E-state index contributed by atoms with van der Waals surface area (Å²) in [6.07, 6.45) is 2.18. The van der Waals surface area contributed by atoms with E-state index in [1.54, 1.807) is 6.92 Å². The minimum atomic E-state index is -0.335. The van der Waals surface area contributed by atoms with Crippen molar-refractivity contribution in [1.29, 1.82) is 0 Å². The van der Waals surface area contributed by atoms with E-state index in [0.29, 0.717) is 19.4 Å². The molecule has 2 N–H and O–H groups in total. The van der Waals surface area contributed by atoms with Crippen LogP contribution in [0.15, 0.2) is 4.52 Å². The van der Waals surface area contributed by atoms with Gasteiger partial charge in [-0.15, -0.1) is 0 Å². The molecule has 114 valence electrons. The van der Waals surface area contributed by atoms with E-state index in [4.69, 9.17) is 4.52 Å². The fourth-order valence-electron chi connectivity index (χ4n) is 2.31. The number of amides is 1. The highest BCUT2D eigenvalue weighted by Crippen LogP contribution is 2.16. The fourth-order valence-corrected chi connectivity index (χ4v) is 2.31. The normalized spacial score (nSPS) is 14.1. The van der Waals surface area contributed by atoms with E-state index in [2.05, 4.69) is 10.5 Å². The lowest BCUT2D eigenvalue weighted by molar-refractivity contribution is -0.120. The number of aryl methyl sites for hydroxylation is 2. The van der Waals surface area contributed by atoms with Crippen LogP contribution < -0.4 is 5.32 Å². The Bertz CT molecular complexity index is 405. The molecule has 0 bridgehead atoms. The number of carbonyl (C=O) groups is 1. The molecular weight excluding hydrogens is 256 g/mol. The predicted octanol–water partition coefficient (Wildman–Crippen LogP) is 1.87. The summed E-state index contributed by atoms with van der Waals surface area (Å²) in [5, 5.41) is 16.2. The van der Waals surface area contributed by atoms with E-state index in [9.17, 15) is 9.90 Å². The molecule has 0 aromatic carbocycles. The largest absolute Gasteiger partial charge is 0.393 e. The summed E-state index contributed by atoms with van der Waals surface area (Å²) in [7, 11) is 0. The second-order valence-electron chi connectivity index (χ2n) is 5.41. The van der Waals surface area contributed by atoms with Crippen molar-refractivity contribution >= 4 is 5.91 Å². The number of carbonyl (C=O) groups excluding carboxylic acids is 1. The zero-order valence-electron chi connectivity index (χ0n) is 12.9. The second-order valence-corrected chi connectivity index (χ2v) is 5.41. The second kappa shape index (κ2) is 8.04. The molecule has 5 nitrogen and oxygen atoms in total. The smallest absolute Gasteiger partial charge is 0.224 e. The maximum Gasteiger partial charge on any atom is 0.224 e. The third-order valence-corrected chi connectivity index (χ3v) is 3.34. The van der Waals surface area contributed by atoms with Gasteiger partial charge >= 0.3 is 0 Å². The van der Waals surface area contributed by atoms with Crippen LogP contribution in [0.4, 0.5) is 0 Å². The van der Waals surface area contributed by atoms with Crippen LogP contribution in [0.25, 0.3) is 0 Å². The van der Waals surface area contributed by atoms with Gasteiger partial charge in [0.05, 0.1) is 18.2 Å². The lowest BCUT2D eigenvalue weighted by Crippen LogP contribution is -2.31. The van der Waals surface area contributed by atoms with Crippen LogP contribution in [0.3, 0.4) is 0 Å². The molecule has 20 heavy (non-hydrogen) atoms. The maximum absolute atomic E-state index is 12.0. The first-order chi connectivity index (χ1) is 9.47. The molecule has 2 unspecified atom stereocenters. The van der Waals surface area contributed by atoms with Crippen molar-refractivity contribution in [3.8, 4) is 0 Å². The molecular formula is C15H26N2O3. The minimum absolute atomic E-state index is 0.0185. The van der Waals surface area contributed by atoms with Gasteiger partial charge in [0.25, 0.3) is 0 Å². The fraction of sp³-hybridized carbons (Fsp3) is 0.733. The van der Waals surface area contributed by atoms with E-state index in [1.807, 2.05) is 20.8 Å². The van der Waals surface area contributed by atoms with Gasteiger partial charge in [-0.25, -0.2) is 0 Å². The quantitative estimate of drug-likeness (QED) is 0.763. The molecule has 0 spiro atoms. The van der Waals surface area contributed by atoms with Crippen LogP contribution in [0.5, 0.6) is 0 Å². The molecule has 0 aliphatic rings. The summed E-state index contributed by atoms with van der Waals surface area (Å²) in [5.74, 6) is 1.04. The van der Waals surface area contributed by atoms with Crippen LogP contribution in [0, 0.1) is 5.92 Å². The molecule has 0 radical (unpaired) electrons. The van der Waals surface area contributed by atoms with Gasteiger partial charge in [0.15, 0.2) is 0 Å². The third-order valence-electron chi connectivity index (χ3n) is 3.34. The zero-order chi connectivity index (χ0) is 15.1. The molecule has 0 aliphatic heterocycles. The summed E-state index contributed by atoms with van der Waals surface area (Å²) in [6.45, 7) is 8.35. The average molecular weight is 282 g/mol. The first-order valence-electron chi connectivity index (χ1n) is 7.38. The molecule has 0 fully saturated rings. The van der Waals surface area contributed by atoms with Crippen LogP contribution in [-0.2, 0) is 24.1 Å². The molecule has 1 rings (SSSR count). The van der Waals surface area contributed by atoms with Crippen LogP contribution in [0.2, 0.25) is 0 Å². The van der Waals surface area contributed by atoms with Crippen molar-refractivity contribution in [3.63, 3.8) is 0 Å². The summed E-state index contributed by atoms with van der Waals surface area (Å²) in [5.41, 5.74) is 1.80. The molecule has 0 saturated heterocycles. The average Bonchev–Trinajstić information content (AvgIpc) is 2.77. The van der Waals surface area contributed by atoms with Gasteiger partial charge in [-0.2, -0.15) is 0 Å². The summed E-state index contributed by atoms with van der Waals surface area (Å²) < 4.78 is 5.25. The van der Waals surface area contributed by atoms with Gasteiger partial charge in [-0.1, -0.05) is 25.9 Å². The maximum atomic E-state index is 12.0. The third kappa shape index (κ3) is 4.96. The lowest BCUT2D eigenvalue weighted by atomic mass is 10.0. The Labute approximate surface area is 120 Å². The van der Waals surface area contributed by atoms with Crippen molar-refractivity contribution in [2.24, 2.45) is 5.92 Å². The molecule has 0 aliphatic carbocycles.